The first-order chi connectivity index (χ1) is 7.71. The van der Waals surface area contributed by atoms with Gasteiger partial charge in [0.15, 0.2) is 0 Å². The SMILES string of the molecule is Cc1ccc(C(=O)O)c(NC(=O)C(C)(C)C)n1. The standard InChI is InChI=1S/C12H16N2O3/c1-7-5-6-8(10(15)16)9(13-7)14-11(17)12(2,3)4/h5-6H,1-4H3,(H,15,16)(H,13,14,17). The first kappa shape index (κ1) is 13.2. The maximum Gasteiger partial charge on any atom is 0.339 e. The van der Waals surface area contributed by atoms with Gasteiger partial charge in [-0.1, -0.05) is 20.8 Å². The molecule has 0 aliphatic rings. The van der Waals surface area contributed by atoms with Gasteiger partial charge in [0.1, 0.15) is 11.4 Å². The Kier molecular flexibility index (Phi) is 3.50. The lowest BCUT2D eigenvalue weighted by molar-refractivity contribution is -0.123. The molecule has 1 aromatic heterocycles. The second-order valence-electron chi connectivity index (χ2n) is 4.86. The third-order valence-corrected chi connectivity index (χ3v) is 2.18. The first-order valence-electron chi connectivity index (χ1n) is 5.24. The van der Waals surface area contributed by atoms with Crippen LogP contribution < -0.4 is 5.32 Å². The Morgan fingerprint density at radius 3 is 2.35 bits per heavy atom. The Morgan fingerprint density at radius 1 is 1.29 bits per heavy atom. The van der Waals surface area contributed by atoms with Gasteiger partial charge in [0.25, 0.3) is 0 Å². The van der Waals surface area contributed by atoms with Crippen LogP contribution >= 0.6 is 0 Å². The van der Waals surface area contributed by atoms with Crippen molar-refractivity contribution < 1.29 is 14.7 Å². The van der Waals surface area contributed by atoms with Gasteiger partial charge in [-0.2, -0.15) is 0 Å². The lowest BCUT2D eigenvalue weighted by Gasteiger charge is -2.18. The molecule has 1 rings (SSSR count). The van der Waals surface area contributed by atoms with Crippen molar-refractivity contribution in [3.63, 3.8) is 0 Å². The summed E-state index contributed by atoms with van der Waals surface area (Å²) in [5.41, 5.74) is 0.0497. The van der Waals surface area contributed by atoms with Gasteiger partial charge in [0.2, 0.25) is 5.91 Å². The predicted octanol–water partition coefficient (Wildman–Crippen LogP) is 2.07. The van der Waals surface area contributed by atoms with Crippen molar-refractivity contribution in [3.05, 3.63) is 23.4 Å². The highest BCUT2D eigenvalue weighted by Gasteiger charge is 2.23. The number of carbonyl (C=O) groups is 2. The summed E-state index contributed by atoms with van der Waals surface area (Å²) in [7, 11) is 0. The minimum Gasteiger partial charge on any atom is -0.478 e. The van der Waals surface area contributed by atoms with E-state index in [4.69, 9.17) is 5.11 Å². The maximum atomic E-state index is 11.8. The highest BCUT2D eigenvalue weighted by Crippen LogP contribution is 2.19. The second kappa shape index (κ2) is 4.53. The number of anilines is 1. The van der Waals surface area contributed by atoms with E-state index in [0.29, 0.717) is 5.69 Å². The van der Waals surface area contributed by atoms with E-state index in [0.717, 1.165) is 0 Å². The molecule has 0 radical (unpaired) electrons. The number of aromatic carboxylic acids is 1. The van der Waals surface area contributed by atoms with Crippen molar-refractivity contribution in [2.45, 2.75) is 27.7 Å². The summed E-state index contributed by atoms with van der Waals surface area (Å²) in [6.45, 7) is 6.98. The molecule has 17 heavy (non-hydrogen) atoms. The summed E-state index contributed by atoms with van der Waals surface area (Å²) >= 11 is 0. The number of aryl methyl sites for hydroxylation is 1. The number of nitrogens with one attached hydrogen (secondary N) is 1. The summed E-state index contributed by atoms with van der Waals surface area (Å²) in [6, 6.07) is 3.03. The molecule has 1 heterocycles. The molecular weight excluding hydrogens is 220 g/mol. The number of hydrogen-bond donors (Lipinski definition) is 2. The van der Waals surface area contributed by atoms with E-state index in [1.54, 1.807) is 33.8 Å². The van der Waals surface area contributed by atoms with E-state index in [1.807, 2.05) is 0 Å². The number of pyridine rings is 1. The molecule has 0 saturated carbocycles. The third kappa shape index (κ3) is 3.27. The maximum absolute atomic E-state index is 11.8. The molecule has 0 unspecified atom stereocenters. The largest absolute Gasteiger partial charge is 0.478 e. The minimum atomic E-state index is -1.11. The van der Waals surface area contributed by atoms with Crippen LogP contribution in [-0.4, -0.2) is 22.0 Å². The molecule has 1 aromatic rings. The van der Waals surface area contributed by atoms with E-state index < -0.39 is 11.4 Å². The van der Waals surface area contributed by atoms with Crippen molar-refractivity contribution in [3.8, 4) is 0 Å². The topological polar surface area (TPSA) is 79.3 Å². The average Bonchev–Trinajstić information content (AvgIpc) is 2.15. The summed E-state index contributed by atoms with van der Waals surface area (Å²) < 4.78 is 0. The van der Waals surface area contributed by atoms with Crippen LogP contribution in [0.15, 0.2) is 12.1 Å². The molecule has 0 spiro atoms. The van der Waals surface area contributed by atoms with Gasteiger partial charge in [0, 0.05) is 11.1 Å². The van der Waals surface area contributed by atoms with Crippen LogP contribution in [0.25, 0.3) is 0 Å². The number of amides is 1. The number of hydrogen-bond acceptors (Lipinski definition) is 3. The number of nitrogens with zero attached hydrogens (tertiary/aromatic N) is 1. The van der Waals surface area contributed by atoms with Gasteiger partial charge in [-0.15, -0.1) is 0 Å². The van der Waals surface area contributed by atoms with E-state index in [2.05, 4.69) is 10.3 Å². The van der Waals surface area contributed by atoms with Gasteiger partial charge in [-0.05, 0) is 19.1 Å². The van der Waals surface area contributed by atoms with E-state index in [1.165, 1.54) is 6.07 Å². The van der Waals surface area contributed by atoms with Crippen LogP contribution in [0.4, 0.5) is 5.82 Å². The lowest BCUT2D eigenvalue weighted by atomic mass is 9.95. The quantitative estimate of drug-likeness (QED) is 0.823. The second-order valence-corrected chi connectivity index (χ2v) is 4.86. The highest BCUT2D eigenvalue weighted by atomic mass is 16.4. The molecule has 0 fully saturated rings. The number of rotatable bonds is 2. The van der Waals surface area contributed by atoms with Crippen molar-refractivity contribution in [1.82, 2.24) is 4.98 Å². The van der Waals surface area contributed by atoms with Gasteiger partial charge in [0.05, 0.1) is 0 Å². The van der Waals surface area contributed by atoms with Crippen molar-refractivity contribution >= 4 is 17.7 Å². The summed E-state index contributed by atoms with van der Waals surface area (Å²) in [4.78, 5) is 26.8. The number of carboxylic acids is 1. The zero-order valence-electron chi connectivity index (χ0n) is 10.4. The normalized spacial score (nSPS) is 11.1. The van der Waals surface area contributed by atoms with Gasteiger partial charge in [-0.25, -0.2) is 9.78 Å². The molecule has 0 aliphatic carbocycles. The molecule has 0 atom stereocenters. The Labute approximate surface area is 99.9 Å². The van der Waals surface area contributed by atoms with Crippen LogP contribution in [0.1, 0.15) is 36.8 Å². The number of carbonyl (C=O) groups excluding carboxylic acids is 1. The molecule has 0 bridgehead atoms. The Hall–Kier alpha value is -1.91. The first-order valence-corrected chi connectivity index (χ1v) is 5.24. The van der Waals surface area contributed by atoms with Crippen molar-refractivity contribution in [1.29, 1.82) is 0 Å². The molecule has 92 valence electrons. The van der Waals surface area contributed by atoms with E-state index in [-0.39, 0.29) is 17.3 Å². The van der Waals surface area contributed by atoms with Crippen LogP contribution in [0.2, 0.25) is 0 Å². The molecule has 5 nitrogen and oxygen atoms in total. The molecule has 0 aliphatic heterocycles. The third-order valence-electron chi connectivity index (χ3n) is 2.18. The van der Waals surface area contributed by atoms with Crippen LogP contribution in [0, 0.1) is 12.3 Å². The molecule has 0 saturated heterocycles. The zero-order chi connectivity index (χ0) is 13.2. The van der Waals surface area contributed by atoms with Crippen LogP contribution in [0.5, 0.6) is 0 Å². The van der Waals surface area contributed by atoms with Gasteiger partial charge in [-0.3, -0.25) is 4.79 Å². The highest BCUT2D eigenvalue weighted by molar-refractivity contribution is 6.00. The molecule has 0 aromatic carbocycles. The van der Waals surface area contributed by atoms with E-state index >= 15 is 0 Å². The Morgan fingerprint density at radius 2 is 1.88 bits per heavy atom. The molecule has 5 heteroatoms. The molecule has 2 N–H and O–H groups in total. The number of aromatic nitrogens is 1. The van der Waals surface area contributed by atoms with Crippen LogP contribution in [0.3, 0.4) is 0 Å². The average molecular weight is 236 g/mol. The van der Waals surface area contributed by atoms with Crippen molar-refractivity contribution in [2.24, 2.45) is 5.41 Å². The van der Waals surface area contributed by atoms with E-state index in [9.17, 15) is 9.59 Å². The van der Waals surface area contributed by atoms with Gasteiger partial charge >= 0.3 is 5.97 Å². The predicted molar refractivity (Wildman–Crippen MR) is 64.0 cm³/mol. The summed E-state index contributed by atoms with van der Waals surface area (Å²) in [5.74, 6) is -1.28. The lowest BCUT2D eigenvalue weighted by Crippen LogP contribution is -2.29. The fourth-order valence-corrected chi connectivity index (χ4v) is 1.12. The fraction of sp³-hybridized carbons (Fsp3) is 0.417. The smallest absolute Gasteiger partial charge is 0.339 e. The van der Waals surface area contributed by atoms with Crippen LogP contribution in [-0.2, 0) is 4.79 Å². The fourth-order valence-electron chi connectivity index (χ4n) is 1.12. The number of carboxylic acid groups (broad SMARTS) is 1. The minimum absolute atomic E-state index is 0.00630. The monoisotopic (exact) mass is 236 g/mol. The van der Waals surface area contributed by atoms with Gasteiger partial charge < -0.3 is 10.4 Å². The Balaban J connectivity index is 3.09. The zero-order valence-corrected chi connectivity index (χ0v) is 10.4. The summed E-state index contributed by atoms with van der Waals surface area (Å²) in [6.07, 6.45) is 0. The summed E-state index contributed by atoms with van der Waals surface area (Å²) in [5, 5.41) is 11.5. The van der Waals surface area contributed by atoms with Crippen molar-refractivity contribution in [2.75, 3.05) is 5.32 Å². The Bertz CT molecular complexity index is 461. The molecular formula is C12H16N2O3. The molecule has 1 amide bonds.